The van der Waals surface area contributed by atoms with Crippen LogP contribution in [0.4, 0.5) is 4.39 Å². The molecule has 3 atom stereocenters. The van der Waals surface area contributed by atoms with Gasteiger partial charge in [0.1, 0.15) is 6.17 Å². The molecular formula is C14H21FN2O3. The average Bonchev–Trinajstić information content (AvgIpc) is 2.91. The molecule has 0 unspecified atom stereocenters. The van der Waals surface area contributed by atoms with Crippen molar-refractivity contribution in [2.24, 2.45) is 11.8 Å². The molecule has 3 aliphatic rings. The molecule has 0 bridgehead atoms. The lowest BCUT2D eigenvalue weighted by atomic mass is 9.82. The monoisotopic (exact) mass is 284 g/mol. The molecule has 1 saturated carbocycles. The molecule has 20 heavy (non-hydrogen) atoms. The Morgan fingerprint density at radius 3 is 2.65 bits per heavy atom. The molecule has 0 aromatic carbocycles. The van der Waals surface area contributed by atoms with E-state index < -0.39 is 6.17 Å². The van der Waals surface area contributed by atoms with Crippen molar-refractivity contribution < 1.29 is 18.7 Å². The van der Waals surface area contributed by atoms with Crippen LogP contribution in [0.5, 0.6) is 0 Å². The molecule has 0 aromatic rings. The smallest absolute Gasteiger partial charge is 0.225 e. The third-order valence-corrected chi connectivity index (χ3v) is 4.75. The summed E-state index contributed by atoms with van der Waals surface area (Å²) in [7, 11) is 1.62. The van der Waals surface area contributed by atoms with Gasteiger partial charge in [-0.25, -0.2) is 4.39 Å². The van der Waals surface area contributed by atoms with Crippen molar-refractivity contribution in [3.05, 3.63) is 0 Å². The highest BCUT2D eigenvalue weighted by Gasteiger charge is 2.46. The van der Waals surface area contributed by atoms with Gasteiger partial charge in [-0.1, -0.05) is 0 Å². The lowest BCUT2D eigenvalue weighted by Gasteiger charge is -2.32. The molecule has 112 valence electrons. The summed E-state index contributed by atoms with van der Waals surface area (Å²) in [6, 6.07) is 0. The molecule has 2 saturated heterocycles. The third kappa shape index (κ3) is 2.53. The van der Waals surface area contributed by atoms with Gasteiger partial charge in [0, 0.05) is 32.0 Å². The van der Waals surface area contributed by atoms with Crippen LogP contribution >= 0.6 is 0 Å². The van der Waals surface area contributed by atoms with Crippen molar-refractivity contribution in [1.29, 1.82) is 0 Å². The zero-order valence-corrected chi connectivity index (χ0v) is 11.7. The zero-order chi connectivity index (χ0) is 14.3. The van der Waals surface area contributed by atoms with Gasteiger partial charge in [-0.05, 0) is 19.3 Å². The minimum Gasteiger partial charge on any atom is -0.372 e. The fraction of sp³-hybridized carbons (Fsp3) is 0.857. The van der Waals surface area contributed by atoms with Crippen molar-refractivity contribution in [1.82, 2.24) is 10.2 Å². The summed E-state index contributed by atoms with van der Waals surface area (Å²) in [5, 5.41) is 2.60. The maximum atomic E-state index is 12.8. The number of carbonyl (C=O) groups excluding carboxylic acids is 2. The van der Waals surface area contributed by atoms with E-state index in [-0.39, 0.29) is 29.9 Å². The molecule has 2 heterocycles. The number of nitrogens with zero attached hydrogens (tertiary/aromatic N) is 1. The van der Waals surface area contributed by atoms with Gasteiger partial charge in [-0.2, -0.15) is 0 Å². The Balaban J connectivity index is 1.48. The Kier molecular flexibility index (Phi) is 3.67. The van der Waals surface area contributed by atoms with Crippen LogP contribution in [0.25, 0.3) is 0 Å². The normalized spacial score (nSPS) is 39.3. The number of carbonyl (C=O) groups is 2. The van der Waals surface area contributed by atoms with Crippen LogP contribution in [0.3, 0.4) is 0 Å². The van der Waals surface area contributed by atoms with E-state index in [9.17, 15) is 14.0 Å². The Morgan fingerprint density at radius 2 is 2.05 bits per heavy atom. The Morgan fingerprint density at radius 1 is 1.30 bits per heavy atom. The predicted octanol–water partition coefficient (Wildman–Crippen LogP) is 0.486. The summed E-state index contributed by atoms with van der Waals surface area (Å²) < 4.78 is 18.7. The summed E-state index contributed by atoms with van der Waals surface area (Å²) in [5.74, 6) is 0.284. The number of rotatable bonds is 3. The first-order valence-corrected chi connectivity index (χ1v) is 7.35. The van der Waals surface area contributed by atoms with E-state index in [4.69, 9.17) is 4.74 Å². The molecule has 2 amide bonds. The molecule has 1 N–H and O–H groups in total. The van der Waals surface area contributed by atoms with Crippen LogP contribution in [-0.2, 0) is 14.3 Å². The second-order valence-corrected chi connectivity index (χ2v) is 6.18. The van der Waals surface area contributed by atoms with Crippen LogP contribution in [-0.4, -0.2) is 55.2 Å². The lowest BCUT2D eigenvalue weighted by Crippen LogP contribution is -2.42. The van der Waals surface area contributed by atoms with E-state index in [0.29, 0.717) is 38.3 Å². The highest BCUT2D eigenvalue weighted by molar-refractivity contribution is 5.80. The van der Waals surface area contributed by atoms with Crippen molar-refractivity contribution in [2.75, 3.05) is 20.1 Å². The zero-order valence-electron chi connectivity index (χ0n) is 11.7. The highest BCUT2D eigenvalue weighted by Crippen LogP contribution is 2.37. The second-order valence-electron chi connectivity index (χ2n) is 6.18. The number of likely N-dealkylation sites (tertiary alicyclic amines) is 1. The standard InChI is InChI=1S/C14H21FN2O3/c1-16-13(18)5-11-4-9-6-17(7-12(9)20-11)14(19)8-2-10(15)3-8/h8-12H,2-7H2,1H3,(H,16,18)/t8?,9-,10?,11-,12+/m0/s1. The number of fused-ring (bicyclic) bond motifs is 1. The molecule has 0 aromatic heterocycles. The summed E-state index contributed by atoms with van der Waals surface area (Å²) in [4.78, 5) is 25.3. The maximum Gasteiger partial charge on any atom is 0.225 e. The van der Waals surface area contributed by atoms with E-state index in [1.807, 2.05) is 4.90 Å². The van der Waals surface area contributed by atoms with Crippen molar-refractivity contribution >= 4 is 11.8 Å². The van der Waals surface area contributed by atoms with Gasteiger partial charge in [0.2, 0.25) is 11.8 Å². The predicted molar refractivity (Wildman–Crippen MR) is 69.7 cm³/mol. The number of amides is 2. The van der Waals surface area contributed by atoms with Crippen LogP contribution < -0.4 is 5.32 Å². The van der Waals surface area contributed by atoms with Crippen molar-refractivity contribution in [3.63, 3.8) is 0 Å². The molecule has 3 rings (SSSR count). The second kappa shape index (κ2) is 5.31. The van der Waals surface area contributed by atoms with Crippen molar-refractivity contribution in [2.45, 2.75) is 44.1 Å². The molecule has 0 radical (unpaired) electrons. The summed E-state index contributed by atoms with van der Waals surface area (Å²) in [5.41, 5.74) is 0. The SMILES string of the molecule is CNC(=O)C[C@@H]1C[C@H]2CN(C(=O)C3CC(F)C3)C[C@H]2O1. The average molecular weight is 284 g/mol. The third-order valence-electron chi connectivity index (χ3n) is 4.75. The first-order valence-electron chi connectivity index (χ1n) is 7.35. The number of nitrogens with one attached hydrogen (secondary N) is 1. The number of alkyl halides is 1. The van der Waals surface area contributed by atoms with Crippen molar-refractivity contribution in [3.8, 4) is 0 Å². The molecule has 2 aliphatic heterocycles. The topological polar surface area (TPSA) is 58.6 Å². The van der Waals surface area contributed by atoms with E-state index in [1.54, 1.807) is 7.05 Å². The van der Waals surface area contributed by atoms with Gasteiger partial charge in [0.15, 0.2) is 0 Å². The molecule has 5 nitrogen and oxygen atoms in total. The van der Waals surface area contributed by atoms with Crippen LogP contribution in [0, 0.1) is 11.8 Å². The minimum atomic E-state index is -0.792. The Bertz CT molecular complexity index is 397. The highest BCUT2D eigenvalue weighted by atomic mass is 19.1. The summed E-state index contributed by atoms with van der Waals surface area (Å²) >= 11 is 0. The van der Waals surface area contributed by atoms with E-state index in [1.165, 1.54) is 0 Å². The number of hydrogen-bond acceptors (Lipinski definition) is 3. The fourth-order valence-corrected chi connectivity index (χ4v) is 3.49. The summed E-state index contributed by atoms with van der Waals surface area (Å²) in [6.45, 7) is 1.29. The van der Waals surface area contributed by atoms with Gasteiger partial charge >= 0.3 is 0 Å². The first-order chi connectivity index (χ1) is 9.56. The number of hydrogen-bond donors (Lipinski definition) is 1. The van der Waals surface area contributed by atoms with Gasteiger partial charge in [-0.3, -0.25) is 9.59 Å². The van der Waals surface area contributed by atoms with Gasteiger partial charge < -0.3 is 15.0 Å². The van der Waals surface area contributed by atoms with Crippen LogP contribution in [0.15, 0.2) is 0 Å². The van der Waals surface area contributed by atoms with E-state index in [2.05, 4.69) is 5.32 Å². The molecule has 6 heteroatoms. The van der Waals surface area contributed by atoms with Crippen LogP contribution in [0.1, 0.15) is 25.7 Å². The van der Waals surface area contributed by atoms with Gasteiger partial charge in [0.25, 0.3) is 0 Å². The van der Waals surface area contributed by atoms with E-state index >= 15 is 0 Å². The fourth-order valence-electron chi connectivity index (χ4n) is 3.49. The maximum absolute atomic E-state index is 12.8. The quantitative estimate of drug-likeness (QED) is 0.820. The number of ether oxygens (including phenoxy) is 1. The van der Waals surface area contributed by atoms with Gasteiger partial charge in [-0.15, -0.1) is 0 Å². The van der Waals surface area contributed by atoms with E-state index in [0.717, 1.165) is 6.42 Å². The Labute approximate surface area is 117 Å². The molecule has 1 aliphatic carbocycles. The summed E-state index contributed by atoms with van der Waals surface area (Å²) in [6.07, 6.45) is 1.22. The van der Waals surface area contributed by atoms with Gasteiger partial charge in [0.05, 0.1) is 18.6 Å². The molecule has 0 spiro atoms. The first kappa shape index (κ1) is 13.8. The lowest BCUT2D eigenvalue weighted by molar-refractivity contribution is -0.140. The number of halogens is 1. The molecule has 3 fully saturated rings. The minimum absolute atomic E-state index is 0.00800. The van der Waals surface area contributed by atoms with Crippen LogP contribution in [0.2, 0.25) is 0 Å². The largest absolute Gasteiger partial charge is 0.372 e. The Hall–Kier alpha value is -1.17. The molecular weight excluding hydrogens is 263 g/mol.